The fourth-order valence-electron chi connectivity index (χ4n) is 4.77. The molecule has 0 unspecified atom stereocenters. The van der Waals surface area contributed by atoms with E-state index in [1.54, 1.807) is 16.9 Å². The molecule has 3 nitrogen and oxygen atoms in total. The van der Waals surface area contributed by atoms with Crippen molar-refractivity contribution in [2.75, 3.05) is 19.6 Å². The summed E-state index contributed by atoms with van der Waals surface area (Å²) in [6, 6.07) is 2.24. The predicted molar refractivity (Wildman–Crippen MR) is 108 cm³/mol. The number of rotatable bonds is 5. The third-order valence-electron chi connectivity index (χ3n) is 6.67. The summed E-state index contributed by atoms with van der Waals surface area (Å²) < 4.78 is 0. The van der Waals surface area contributed by atoms with Gasteiger partial charge in [-0.05, 0) is 73.6 Å². The van der Waals surface area contributed by atoms with E-state index < -0.39 is 5.97 Å². The standard InChI is InChI=1S/C22H31NO2S/c1-3-23-11-10-17(19(13-23)15-6-4-14(2)5-7-15)18-12-20(16-8-9-16)26-21(18)22(24)25/h12,14-16H,3-11,13H2,1-2H3,(H,24,25). The Labute approximate surface area is 161 Å². The van der Waals surface area contributed by atoms with Crippen LogP contribution in [0.4, 0.5) is 0 Å². The smallest absolute Gasteiger partial charge is 0.346 e. The summed E-state index contributed by atoms with van der Waals surface area (Å²) in [5, 5.41) is 9.82. The molecular weight excluding hydrogens is 342 g/mol. The van der Waals surface area contributed by atoms with Crippen LogP contribution in [0.5, 0.6) is 0 Å². The number of nitrogens with zero attached hydrogens (tertiary/aromatic N) is 1. The molecule has 2 aliphatic carbocycles. The maximum Gasteiger partial charge on any atom is 0.346 e. The average Bonchev–Trinajstić information content (AvgIpc) is 3.40. The van der Waals surface area contributed by atoms with Crippen molar-refractivity contribution < 1.29 is 9.90 Å². The lowest BCUT2D eigenvalue weighted by atomic mass is 9.75. The largest absolute Gasteiger partial charge is 0.477 e. The third-order valence-corrected chi connectivity index (χ3v) is 7.95. The van der Waals surface area contributed by atoms with Crippen molar-refractivity contribution in [2.24, 2.45) is 11.8 Å². The fraction of sp³-hybridized carbons (Fsp3) is 0.682. The lowest BCUT2D eigenvalue weighted by molar-refractivity contribution is 0.0702. The maximum absolute atomic E-state index is 11.9. The lowest BCUT2D eigenvalue weighted by Crippen LogP contribution is -2.34. The average molecular weight is 374 g/mol. The molecule has 2 fully saturated rings. The van der Waals surface area contributed by atoms with E-state index in [-0.39, 0.29) is 0 Å². The molecule has 0 bridgehead atoms. The Kier molecular flexibility index (Phi) is 5.24. The number of hydrogen-bond donors (Lipinski definition) is 1. The van der Waals surface area contributed by atoms with Gasteiger partial charge in [0.2, 0.25) is 0 Å². The van der Waals surface area contributed by atoms with E-state index in [1.165, 1.54) is 49.0 Å². The monoisotopic (exact) mass is 373 g/mol. The molecule has 0 amide bonds. The van der Waals surface area contributed by atoms with Gasteiger partial charge in [0.15, 0.2) is 0 Å². The fourth-order valence-corrected chi connectivity index (χ4v) is 5.96. The quantitative estimate of drug-likeness (QED) is 0.727. The van der Waals surface area contributed by atoms with Crippen LogP contribution in [-0.2, 0) is 0 Å². The second-order valence-electron chi connectivity index (χ2n) is 8.55. The van der Waals surface area contributed by atoms with E-state index in [4.69, 9.17) is 0 Å². The lowest BCUT2D eigenvalue weighted by Gasteiger charge is -2.36. The molecule has 1 aliphatic heterocycles. The second-order valence-corrected chi connectivity index (χ2v) is 9.63. The van der Waals surface area contributed by atoms with Crippen molar-refractivity contribution in [3.63, 3.8) is 0 Å². The molecule has 3 aliphatic rings. The SMILES string of the molecule is CCN1CCC(c2cc(C3CC3)sc2C(=O)O)=C(C2CCC(C)CC2)C1. The van der Waals surface area contributed by atoms with Gasteiger partial charge in [-0.15, -0.1) is 11.3 Å². The van der Waals surface area contributed by atoms with E-state index in [2.05, 4.69) is 24.8 Å². The van der Waals surface area contributed by atoms with E-state index in [1.807, 2.05) is 0 Å². The molecule has 142 valence electrons. The van der Waals surface area contributed by atoms with Gasteiger partial charge in [-0.2, -0.15) is 0 Å². The summed E-state index contributed by atoms with van der Waals surface area (Å²) in [6.45, 7) is 7.80. The van der Waals surface area contributed by atoms with Gasteiger partial charge in [0.1, 0.15) is 4.88 Å². The molecule has 4 heteroatoms. The first-order valence-electron chi connectivity index (χ1n) is 10.4. The van der Waals surface area contributed by atoms with Gasteiger partial charge in [0.05, 0.1) is 0 Å². The van der Waals surface area contributed by atoms with Gasteiger partial charge in [0.25, 0.3) is 0 Å². The molecule has 1 aromatic rings. The van der Waals surface area contributed by atoms with Crippen LogP contribution in [0.3, 0.4) is 0 Å². The van der Waals surface area contributed by atoms with Crippen LogP contribution >= 0.6 is 11.3 Å². The Balaban J connectivity index is 1.73. The summed E-state index contributed by atoms with van der Waals surface area (Å²) in [6.07, 6.45) is 8.66. The first kappa shape index (κ1) is 18.2. The number of aromatic carboxylic acids is 1. The molecule has 0 radical (unpaired) electrons. The highest BCUT2D eigenvalue weighted by Crippen LogP contribution is 2.47. The zero-order valence-corrected chi connectivity index (χ0v) is 16.9. The van der Waals surface area contributed by atoms with Crippen molar-refractivity contribution in [1.82, 2.24) is 4.90 Å². The molecule has 0 spiro atoms. The summed E-state index contributed by atoms with van der Waals surface area (Å²) in [5.41, 5.74) is 4.01. The molecule has 2 saturated carbocycles. The minimum absolute atomic E-state index is 0.591. The predicted octanol–water partition coefficient (Wildman–Crippen LogP) is 5.63. The van der Waals surface area contributed by atoms with Crippen LogP contribution in [0.25, 0.3) is 5.57 Å². The highest BCUT2D eigenvalue weighted by molar-refractivity contribution is 7.14. The van der Waals surface area contributed by atoms with Crippen LogP contribution in [0.15, 0.2) is 11.6 Å². The Bertz CT molecular complexity index is 708. The zero-order valence-electron chi connectivity index (χ0n) is 16.1. The topological polar surface area (TPSA) is 40.5 Å². The summed E-state index contributed by atoms with van der Waals surface area (Å²) in [4.78, 5) is 16.4. The molecule has 0 atom stereocenters. The Morgan fingerprint density at radius 3 is 2.50 bits per heavy atom. The van der Waals surface area contributed by atoms with Gasteiger partial charge in [-0.25, -0.2) is 4.79 Å². The number of carbonyl (C=O) groups is 1. The van der Waals surface area contributed by atoms with Crippen LogP contribution < -0.4 is 0 Å². The van der Waals surface area contributed by atoms with Crippen molar-refractivity contribution in [2.45, 2.75) is 64.7 Å². The minimum atomic E-state index is -0.737. The summed E-state index contributed by atoms with van der Waals surface area (Å²) >= 11 is 1.54. The van der Waals surface area contributed by atoms with Crippen molar-refractivity contribution >= 4 is 22.9 Å². The molecule has 2 heterocycles. The number of likely N-dealkylation sites (N-methyl/N-ethyl adjacent to an activating group) is 1. The number of thiophene rings is 1. The highest BCUT2D eigenvalue weighted by Gasteiger charge is 2.33. The molecular formula is C22H31NO2S. The Morgan fingerprint density at radius 1 is 1.19 bits per heavy atom. The summed E-state index contributed by atoms with van der Waals surface area (Å²) in [5.74, 6) is 1.39. The first-order valence-corrected chi connectivity index (χ1v) is 11.2. The van der Waals surface area contributed by atoms with E-state index in [0.29, 0.717) is 16.7 Å². The molecule has 1 aromatic heterocycles. The van der Waals surface area contributed by atoms with Crippen molar-refractivity contribution in [3.05, 3.63) is 27.0 Å². The highest BCUT2D eigenvalue weighted by atomic mass is 32.1. The van der Waals surface area contributed by atoms with Crippen LogP contribution in [-0.4, -0.2) is 35.6 Å². The number of carboxylic acids is 1. The van der Waals surface area contributed by atoms with E-state index in [0.717, 1.165) is 37.5 Å². The van der Waals surface area contributed by atoms with Gasteiger partial charge < -0.3 is 5.11 Å². The first-order chi connectivity index (χ1) is 12.6. The molecule has 26 heavy (non-hydrogen) atoms. The molecule has 4 rings (SSSR count). The second kappa shape index (κ2) is 7.47. The van der Waals surface area contributed by atoms with Gasteiger partial charge in [-0.3, -0.25) is 4.90 Å². The molecule has 1 N–H and O–H groups in total. The molecule has 0 aromatic carbocycles. The minimum Gasteiger partial charge on any atom is -0.477 e. The van der Waals surface area contributed by atoms with Gasteiger partial charge in [0, 0.05) is 23.5 Å². The summed E-state index contributed by atoms with van der Waals surface area (Å²) in [7, 11) is 0. The number of hydrogen-bond acceptors (Lipinski definition) is 3. The Hall–Kier alpha value is -1.13. The Morgan fingerprint density at radius 2 is 1.88 bits per heavy atom. The van der Waals surface area contributed by atoms with Crippen LogP contribution in [0, 0.1) is 11.8 Å². The van der Waals surface area contributed by atoms with E-state index >= 15 is 0 Å². The van der Waals surface area contributed by atoms with E-state index in [9.17, 15) is 9.90 Å². The van der Waals surface area contributed by atoms with Gasteiger partial charge in [-0.1, -0.05) is 26.7 Å². The molecule has 0 saturated heterocycles. The maximum atomic E-state index is 11.9. The van der Waals surface area contributed by atoms with Crippen LogP contribution in [0.1, 0.15) is 84.8 Å². The zero-order chi connectivity index (χ0) is 18.3. The van der Waals surface area contributed by atoms with Crippen molar-refractivity contribution in [1.29, 1.82) is 0 Å². The third kappa shape index (κ3) is 3.63. The van der Waals surface area contributed by atoms with Crippen LogP contribution in [0.2, 0.25) is 0 Å². The van der Waals surface area contributed by atoms with Gasteiger partial charge >= 0.3 is 5.97 Å². The number of carboxylic acid groups (broad SMARTS) is 1. The normalized spacial score (nSPS) is 27.8. The van der Waals surface area contributed by atoms with Crippen molar-refractivity contribution in [3.8, 4) is 0 Å².